The first-order chi connectivity index (χ1) is 16.2. The van der Waals surface area contributed by atoms with Gasteiger partial charge in [0.1, 0.15) is 17.8 Å². The smallest absolute Gasteiger partial charge is 0.323 e. The van der Waals surface area contributed by atoms with Crippen molar-refractivity contribution in [1.82, 2.24) is 14.5 Å². The van der Waals surface area contributed by atoms with Crippen molar-refractivity contribution in [2.45, 2.75) is 33.7 Å². The number of rotatable bonds is 5. The van der Waals surface area contributed by atoms with E-state index in [0.717, 1.165) is 11.1 Å². The Morgan fingerprint density at radius 1 is 1.03 bits per heavy atom. The second kappa shape index (κ2) is 9.15. The largest absolute Gasteiger partial charge is 0.383 e. The molecule has 0 aliphatic heterocycles. The van der Waals surface area contributed by atoms with E-state index in [1.54, 1.807) is 30.5 Å². The number of fused-ring (bicyclic) bond motifs is 1. The first-order valence-electron chi connectivity index (χ1n) is 10.8. The van der Waals surface area contributed by atoms with Gasteiger partial charge in [-0.05, 0) is 57.0 Å². The minimum absolute atomic E-state index is 0.0735. The highest BCUT2D eigenvalue weighted by molar-refractivity contribution is 6.34. The summed E-state index contributed by atoms with van der Waals surface area (Å²) in [7, 11) is 0. The molecule has 0 aliphatic rings. The van der Waals surface area contributed by atoms with Crippen molar-refractivity contribution in [1.29, 1.82) is 0 Å². The number of amides is 2. The molecule has 34 heavy (non-hydrogen) atoms. The zero-order valence-electron chi connectivity index (χ0n) is 19.3. The Labute approximate surface area is 202 Å². The number of aryl methyl sites for hydroxylation is 2. The quantitative estimate of drug-likeness (QED) is 0.318. The number of benzene rings is 2. The minimum Gasteiger partial charge on any atom is -0.383 e. The van der Waals surface area contributed by atoms with Gasteiger partial charge in [0.25, 0.3) is 0 Å². The van der Waals surface area contributed by atoms with Gasteiger partial charge in [0.2, 0.25) is 0 Å². The van der Waals surface area contributed by atoms with Crippen LogP contribution in [-0.2, 0) is 0 Å². The first kappa shape index (κ1) is 23.3. The zero-order valence-corrected chi connectivity index (χ0v) is 20.1. The van der Waals surface area contributed by atoms with Crippen LogP contribution in [0.25, 0.3) is 11.0 Å². The Morgan fingerprint density at radius 3 is 2.50 bits per heavy atom. The van der Waals surface area contributed by atoms with Gasteiger partial charge in [-0.3, -0.25) is 4.79 Å². The number of hydrogen-bond acceptors (Lipinski definition) is 5. The number of para-hydroxylation sites is 1. The fraction of sp³-hybridized carbons (Fsp3) is 0.200. The van der Waals surface area contributed by atoms with Crippen molar-refractivity contribution in [3.8, 4) is 0 Å². The maximum atomic E-state index is 13.6. The summed E-state index contributed by atoms with van der Waals surface area (Å²) in [5.41, 5.74) is 10.2. The van der Waals surface area contributed by atoms with Crippen LogP contribution in [0.2, 0.25) is 5.02 Å². The summed E-state index contributed by atoms with van der Waals surface area (Å²) in [6.45, 7) is 7.70. The van der Waals surface area contributed by atoms with Crippen LogP contribution < -0.4 is 16.4 Å². The van der Waals surface area contributed by atoms with E-state index < -0.39 is 6.03 Å². The van der Waals surface area contributed by atoms with Gasteiger partial charge in [-0.1, -0.05) is 29.8 Å². The number of ketones is 1. The number of halogens is 1. The third-order valence-corrected chi connectivity index (χ3v) is 5.96. The Hall–Kier alpha value is -3.91. The molecule has 0 fully saturated rings. The molecule has 4 aromatic rings. The minimum atomic E-state index is -0.465. The van der Waals surface area contributed by atoms with Crippen LogP contribution in [0.3, 0.4) is 0 Å². The molecular weight excluding hydrogens is 452 g/mol. The van der Waals surface area contributed by atoms with Crippen LogP contribution in [0.4, 0.5) is 22.0 Å². The molecule has 2 heterocycles. The lowest BCUT2D eigenvalue weighted by atomic mass is 9.98. The molecule has 0 aliphatic carbocycles. The molecule has 2 amide bonds. The Morgan fingerprint density at radius 2 is 1.79 bits per heavy atom. The second-order valence-corrected chi connectivity index (χ2v) is 8.78. The second-order valence-electron chi connectivity index (χ2n) is 8.37. The number of nitrogens with one attached hydrogen (secondary N) is 2. The summed E-state index contributed by atoms with van der Waals surface area (Å²) in [5.74, 6) is 0.0172. The van der Waals surface area contributed by atoms with Gasteiger partial charge < -0.3 is 20.9 Å². The summed E-state index contributed by atoms with van der Waals surface area (Å²) in [6, 6.07) is 10.1. The third kappa shape index (κ3) is 4.32. The number of hydrogen-bond donors (Lipinski definition) is 3. The number of carbonyl (C=O) groups is 2. The van der Waals surface area contributed by atoms with Crippen LogP contribution in [0.5, 0.6) is 0 Å². The number of urea groups is 1. The van der Waals surface area contributed by atoms with E-state index in [0.29, 0.717) is 38.6 Å². The number of anilines is 3. The van der Waals surface area contributed by atoms with Crippen LogP contribution >= 0.6 is 11.6 Å². The fourth-order valence-electron chi connectivity index (χ4n) is 3.83. The molecule has 2 aromatic heterocycles. The summed E-state index contributed by atoms with van der Waals surface area (Å²) in [4.78, 5) is 34.6. The van der Waals surface area contributed by atoms with E-state index in [2.05, 4.69) is 20.6 Å². The number of carbonyl (C=O) groups excluding carboxylic acids is 2. The molecule has 8 nitrogen and oxygen atoms in total. The number of aromatic nitrogens is 3. The van der Waals surface area contributed by atoms with Crippen LogP contribution in [0, 0.1) is 13.8 Å². The van der Waals surface area contributed by atoms with Gasteiger partial charge in [-0.2, -0.15) is 0 Å². The summed E-state index contributed by atoms with van der Waals surface area (Å²) < 4.78 is 1.90. The highest BCUT2D eigenvalue weighted by Crippen LogP contribution is 2.30. The number of nitrogen functional groups attached to an aromatic ring is 1. The lowest BCUT2D eigenvalue weighted by Gasteiger charge is -2.13. The predicted octanol–water partition coefficient (Wildman–Crippen LogP) is 5.74. The van der Waals surface area contributed by atoms with Crippen molar-refractivity contribution in [3.05, 3.63) is 76.2 Å². The molecule has 174 valence electrons. The third-order valence-electron chi connectivity index (χ3n) is 5.64. The maximum Gasteiger partial charge on any atom is 0.323 e. The molecule has 4 N–H and O–H groups in total. The zero-order chi connectivity index (χ0) is 24.6. The first-order valence-corrected chi connectivity index (χ1v) is 11.1. The predicted molar refractivity (Wildman–Crippen MR) is 136 cm³/mol. The van der Waals surface area contributed by atoms with Crippen molar-refractivity contribution >= 4 is 51.6 Å². The van der Waals surface area contributed by atoms with Crippen molar-refractivity contribution < 1.29 is 9.59 Å². The Bertz CT molecular complexity index is 1410. The SMILES string of the molecule is Cc1ccc(NC(=O)Nc2c(C)cccc2Cl)cc1C(=O)c1cn(C(C)C)c2ncnc(N)c12. The summed E-state index contributed by atoms with van der Waals surface area (Å²) in [6.07, 6.45) is 3.15. The normalized spacial score (nSPS) is 11.1. The van der Waals surface area contributed by atoms with Crippen molar-refractivity contribution in [3.63, 3.8) is 0 Å². The molecular formula is C25H25ClN6O2. The van der Waals surface area contributed by atoms with Gasteiger partial charge in [0.15, 0.2) is 5.78 Å². The monoisotopic (exact) mass is 476 g/mol. The average molecular weight is 477 g/mol. The topological polar surface area (TPSA) is 115 Å². The average Bonchev–Trinajstić information content (AvgIpc) is 3.19. The highest BCUT2D eigenvalue weighted by atomic mass is 35.5. The number of nitrogens with two attached hydrogens (primary N) is 1. The van der Waals surface area contributed by atoms with E-state index in [1.165, 1.54) is 6.33 Å². The number of nitrogens with zero attached hydrogens (tertiary/aromatic N) is 3. The van der Waals surface area contributed by atoms with Crippen LogP contribution in [0.15, 0.2) is 48.9 Å². The molecule has 0 bridgehead atoms. The van der Waals surface area contributed by atoms with E-state index in [-0.39, 0.29) is 17.6 Å². The maximum absolute atomic E-state index is 13.6. The standard InChI is InChI=1S/C25H25ClN6O2/c1-13(2)32-11-18(20-23(27)28-12-29-24(20)32)22(33)17-10-16(9-8-14(17)3)30-25(34)31-21-15(4)6-5-7-19(21)26/h5-13H,1-4H3,(H2,27,28,29)(H2,30,31,34). The molecule has 0 spiro atoms. The Kier molecular flexibility index (Phi) is 6.26. The highest BCUT2D eigenvalue weighted by Gasteiger charge is 2.23. The molecule has 0 atom stereocenters. The molecule has 2 aromatic carbocycles. The van der Waals surface area contributed by atoms with Gasteiger partial charge in [-0.15, -0.1) is 0 Å². The van der Waals surface area contributed by atoms with E-state index >= 15 is 0 Å². The van der Waals surface area contributed by atoms with Gasteiger partial charge in [0.05, 0.1) is 21.7 Å². The van der Waals surface area contributed by atoms with Gasteiger partial charge in [-0.25, -0.2) is 14.8 Å². The van der Waals surface area contributed by atoms with E-state index in [9.17, 15) is 9.59 Å². The lowest BCUT2D eigenvalue weighted by molar-refractivity contribution is 0.103. The molecule has 0 saturated heterocycles. The summed E-state index contributed by atoms with van der Waals surface area (Å²) >= 11 is 6.21. The van der Waals surface area contributed by atoms with Crippen LogP contribution in [-0.4, -0.2) is 26.3 Å². The fourth-order valence-corrected chi connectivity index (χ4v) is 4.10. The van der Waals surface area contributed by atoms with Gasteiger partial charge >= 0.3 is 6.03 Å². The Balaban J connectivity index is 1.67. The molecule has 9 heteroatoms. The molecule has 0 saturated carbocycles. The molecule has 4 rings (SSSR count). The molecule has 0 radical (unpaired) electrons. The van der Waals surface area contributed by atoms with Crippen LogP contribution in [0.1, 0.15) is 46.9 Å². The van der Waals surface area contributed by atoms with Crippen molar-refractivity contribution in [2.75, 3.05) is 16.4 Å². The van der Waals surface area contributed by atoms with E-state index in [4.69, 9.17) is 17.3 Å². The van der Waals surface area contributed by atoms with E-state index in [1.807, 2.05) is 44.4 Å². The van der Waals surface area contributed by atoms with Gasteiger partial charge in [0, 0.05) is 23.5 Å². The molecule has 0 unspecified atom stereocenters. The van der Waals surface area contributed by atoms with Crippen molar-refractivity contribution in [2.24, 2.45) is 0 Å². The lowest BCUT2D eigenvalue weighted by Crippen LogP contribution is -2.20. The summed E-state index contributed by atoms with van der Waals surface area (Å²) in [5, 5.41) is 6.50.